The lowest BCUT2D eigenvalue weighted by Crippen LogP contribution is -2.48. The van der Waals surface area contributed by atoms with Crippen LogP contribution < -0.4 is 5.32 Å². The number of hydrogen-bond acceptors (Lipinski definition) is 6. The van der Waals surface area contributed by atoms with E-state index in [0.29, 0.717) is 24.5 Å². The number of halogens is 4. The van der Waals surface area contributed by atoms with Gasteiger partial charge in [-0.25, -0.2) is 9.97 Å². The van der Waals surface area contributed by atoms with Gasteiger partial charge in [0.2, 0.25) is 0 Å². The average molecular weight is 537 g/mol. The van der Waals surface area contributed by atoms with Gasteiger partial charge in [0.15, 0.2) is 11.6 Å². The number of carbonyl (C=O) groups excluding carboxylic acids is 2. The number of aromatic nitrogens is 4. The highest BCUT2D eigenvalue weighted by molar-refractivity contribution is 6.31. The number of carbonyl (C=O) groups is 2. The van der Waals surface area contributed by atoms with Gasteiger partial charge in [0.1, 0.15) is 6.33 Å². The number of nitrogens with zero attached hydrogens (tertiary/aromatic N) is 5. The molecule has 3 aromatic rings. The Morgan fingerprint density at radius 1 is 1.11 bits per heavy atom. The highest BCUT2D eigenvalue weighted by Gasteiger charge is 2.32. The molecule has 0 unspecified atom stereocenters. The van der Waals surface area contributed by atoms with E-state index in [1.165, 1.54) is 17.2 Å². The summed E-state index contributed by atoms with van der Waals surface area (Å²) in [5, 5.41) is 6.54. The predicted octanol–water partition coefficient (Wildman–Crippen LogP) is 4.07. The molecule has 1 aliphatic rings. The summed E-state index contributed by atoms with van der Waals surface area (Å²) < 4.78 is 46.4. The molecule has 4 rings (SSSR count). The number of amides is 2. The maximum absolute atomic E-state index is 13.1. The molecule has 0 aliphatic carbocycles. The third kappa shape index (κ3) is 6.08. The van der Waals surface area contributed by atoms with E-state index in [4.69, 9.17) is 16.3 Å². The minimum absolute atomic E-state index is 0.0682. The molecule has 0 spiro atoms. The molecule has 2 amide bonds. The second-order valence-corrected chi connectivity index (χ2v) is 9.26. The first-order chi connectivity index (χ1) is 17.4. The van der Waals surface area contributed by atoms with Gasteiger partial charge >= 0.3 is 6.18 Å². The van der Waals surface area contributed by atoms with Crippen LogP contribution in [0.5, 0.6) is 0 Å². The summed E-state index contributed by atoms with van der Waals surface area (Å²) in [6.45, 7) is 6.38. The lowest BCUT2D eigenvalue weighted by atomic mass is 10.1. The van der Waals surface area contributed by atoms with Crippen molar-refractivity contribution in [3.8, 4) is 5.82 Å². The summed E-state index contributed by atoms with van der Waals surface area (Å²) in [6, 6.07) is 5.10. The predicted molar refractivity (Wildman–Crippen MR) is 127 cm³/mol. The number of hydrogen-bond donors (Lipinski definition) is 1. The minimum Gasteiger partial charge on any atom is -0.372 e. The topological polar surface area (TPSA) is 102 Å². The van der Waals surface area contributed by atoms with E-state index in [1.807, 2.05) is 13.8 Å². The Balaban J connectivity index is 1.49. The molecule has 1 aliphatic heterocycles. The Morgan fingerprint density at radius 2 is 1.81 bits per heavy atom. The van der Waals surface area contributed by atoms with Crippen molar-refractivity contribution in [1.29, 1.82) is 0 Å². The number of nitrogens with one attached hydrogen (secondary N) is 1. The Kier molecular flexibility index (Phi) is 7.51. The smallest absolute Gasteiger partial charge is 0.372 e. The quantitative estimate of drug-likeness (QED) is 0.527. The third-order valence-corrected chi connectivity index (χ3v) is 5.93. The van der Waals surface area contributed by atoms with Gasteiger partial charge in [-0.05, 0) is 51.1 Å². The average Bonchev–Trinajstić information content (AvgIpc) is 3.32. The van der Waals surface area contributed by atoms with E-state index in [-0.39, 0.29) is 34.5 Å². The van der Waals surface area contributed by atoms with Crippen LogP contribution in [-0.2, 0) is 10.9 Å². The van der Waals surface area contributed by atoms with Crippen molar-refractivity contribution in [2.75, 3.05) is 13.1 Å². The second-order valence-electron chi connectivity index (χ2n) is 8.82. The molecule has 0 saturated carbocycles. The molecular formula is C24H24ClF3N6O3. The van der Waals surface area contributed by atoms with Gasteiger partial charge in [0, 0.05) is 29.9 Å². The lowest BCUT2D eigenvalue weighted by molar-refractivity contribution is -0.137. The molecule has 196 valence electrons. The van der Waals surface area contributed by atoms with Crippen molar-refractivity contribution in [3.05, 3.63) is 70.4 Å². The summed E-state index contributed by atoms with van der Waals surface area (Å²) >= 11 is 5.79. The number of ether oxygens (including phenoxy) is 1. The molecule has 13 heteroatoms. The largest absolute Gasteiger partial charge is 0.416 e. The molecule has 3 atom stereocenters. The zero-order valence-corrected chi connectivity index (χ0v) is 20.9. The van der Waals surface area contributed by atoms with E-state index in [0.717, 1.165) is 18.2 Å². The molecule has 2 aromatic heterocycles. The van der Waals surface area contributed by atoms with Gasteiger partial charge in [-0.15, -0.1) is 0 Å². The number of benzene rings is 1. The Hall–Kier alpha value is -3.51. The normalized spacial score (nSPS) is 18.9. The van der Waals surface area contributed by atoms with Crippen molar-refractivity contribution < 1.29 is 27.5 Å². The highest BCUT2D eigenvalue weighted by atomic mass is 35.5. The Labute approximate surface area is 215 Å². The fourth-order valence-corrected chi connectivity index (χ4v) is 4.35. The van der Waals surface area contributed by atoms with Crippen molar-refractivity contribution in [2.45, 2.75) is 45.2 Å². The fraction of sp³-hybridized carbons (Fsp3) is 0.375. The first-order valence-corrected chi connectivity index (χ1v) is 11.8. The fourth-order valence-electron chi connectivity index (χ4n) is 4.12. The van der Waals surface area contributed by atoms with Crippen LogP contribution in [0.4, 0.5) is 13.2 Å². The maximum atomic E-state index is 13.1. The summed E-state index contributed by atoms with van der Waals surface area (Å²) in [7, 11) is 0. The standard InChI is InChI=1S/C24H24ClF3N6O3/c1-13-10-33(11-14(2)37-13)23(36)16-4-5-20(29-9-16)34-21(30-12-31-34)15(3)32-22(35)17-6-18(24(26,27)28)8-19(25)7-17/h4-9,12-15H,10-11H2,1-3H3,(H,32,35)/t13-,14-,15+/m1/s1. The van der Waals surface area contributed by atoms with Crippen molar-refractivity contribution in [2.24, 2.45) is 0 Å². The van der Waals surface area contributed by atoms with E-state index in [9.17, 15) is 22.8 Å². The van der Waals surface area contributed by atoms with Crippen LogP contribution in [0.15, 0.2) is 42.9 Å². The van der Waals surface area contributed by atoms with Crippen LogP contribution in [0.25, 0.3) is 5.82 Å². The van der Waals surface area contributed by atoms with Crippen LogP contribution >= 0.6 is 11.6 Å². The lowest BCUT2D eigenvalue weighted by Gasteiger charge is -2.35. The summed E-state index contributed by atoms with van der Waals surface area (Å²) in [4.78, 5) is 35.8. The molecule has 1 fully saturated rings. The van der Waals surface area contributed by atoms with E-state index < -0.39 is 23.7 Å². The van der Waals surface area contributed by atoms with Crippen molar-refractivity contribution in [3.63, 3.8) is 0 Å². The molecule has 1 saturated heterocycles. The number of morpholine rings is 1. The summed E-state index contributed by atoms with van der Waals surface area (Å²) in [5.74, 6) is -0.303. The number of alkyl halides is 3. The summed E-state index contributed by atoms with van der Waals surface area (Å²) in [5.41, 5.74) is -0.874. The zero-order chi connectivity index (χ0) is 26.9. The van der Waals surface area contributed by atoms with Crippen LogP contribution in [0.1, 0.15) is 58.9 Å². The van der Waals surface area contributed by atoms with Crippen LogP contribution in [0, 0.1) is 0 Å². The van der Waals surface area contributed by atoms with Gasteiger partial charge in [-0.1, -0.05) is 11.6 Å². The minimum atomic E-state index is -4.65. The molecule has 0 radical (unpaired) electrons. The van der Waals surface area contributed by atoms with Gasteiger partial charge in [-0.3, -0.25) is 9.59 Å². The Morgan fingerprint density at radius 3 is 2.43 bits per heavy atom. The van der Waals surface area contributed by atoms with Crippen molar-refractivity contribution in [1.82, 2.24) is 30.0 Å². The summed E-state index contributed by atoms with van der Waals surface area (Å²) in [6.07, 6.45) is -2.09. The Bertz CT molecular complexity index is 1290. The zero-order valence-electron chi connectivity index (χ0n) is 20.2. The van der Waals surface area contributed by atoms with E-state index >= 15 is 0 Å². The van der Waals surface area contributed by atoms with Crippen molar-refractivity contribution >= 4 is 23.4 Å². The van der Waals surface area contributed by atoms with Crippen LogP contribution in [-0.4, -0.2) is 61.8 Å². The van der Waals surface area contributed by atoms with E-state index in [2.05, 4.69) is 20.4 Å². The maximum Gasteiger partial charge on any atom is 0.416 e. The second kappa shape index (κ2) is 10.5. The van der Waals surface area contributed by atoms with Gasteiger partial charge < -0.3 is 15.0 Å². The number of rotatable bonds is 5. The molecule has 1 aromatic carbocycles. The van der Waals surface area contributed by atoms with Gasteiger partial charge in [0.25, 0.3) is 11.8 Å². The molecule has 0 bridgehead atoms. The first-order valence-electron chi connectivity index (χ1n) is 11.4. The van der Waals surface area contributed by atoms with E-state index in [1.54, 1.807) is 24.0 Å². The van der Waals surface area contributed by atoms with Crippen LogP contribution in [0.2, 0.25) is 5.02 Å². The molecule has 9 nitrogen and oxygen atoms in total. The van der Waals surface area contributed by atoms with Crippen LogP contribution in [0.3, 0.4) is 0 Å². The highest BCUT2D eigenvalue weighted by Crippen LogP contribution is 2.32. The SMILES string of the molecule is C[C@@H]1CN(C(=O)c2ccc(-n3ncnc3[C@H](C)NC(=O)c3cc(Cl)cc(C(F)(F)F)c3)nc2)C[C@@H](C)O1. The molecule has 1 N–H and O–H groups in total. The number of pyridine rings is 1. The monoisotopic (exact) mass is 536 g/mol. The third-order valence-electron chi connectivity index (χ3n) is 5.71. The molecular weight excluding hydrogens is 513 g/mol. The van der Waals surface area contributed by atoms with Gasteiger partial charge in [-0.2, -0.15) is 23.0 Å². The van der Waals surface area contributed by atoms with Gasteiger partial charge in [0.05, 0.1) is 29.4 Å². The first kappa shape index (κ1) is 26.6. The molecule has 37 heavy (non-hydrogen) atoms. The molecule has 3 heterocycles.